The molecule has 2 rings (SSSR count). The molecule has 6 heteroatoms. The fraction of sp³-hybridized carbons (Fsp3) is 0.0714. The average Bonchev–Trinajstić information content (AvgIpc) is 2.62. The Bertz CT molecular complexity index is 755. The lowest BCUT2D eigenvalue weighted by atomic mass is 10.2. The van der Waals surface area contributed by atoms with E-state index in [4.69, 9.17) is 0 Å². The first-order chi connectivity index (χ1) is 9.49. The summed E-state index contributed by atoms with van der Waals surface area (Å²) in [5.74, 6) is 0. The molecule has 20 heavy (non-hydrogen) atoms. The molecule has 0 heterocycles. The van der Waals surface area contributed by atoms with Crippen molar-refractivity contribution in [2.75, 3.05) is 5.48 Å². The van der Waals surface area contributed by atoms with Crippen molar-refractivity contribution >= 4 is 15.8 Å². The number of benzene rings is 1. The van der Waals surface area contributed by atoms with E-state index in [9.17, 15) is 13.2 Å². The Morgan fingerprint density at radius 1 is 0.950 bits per heavy atom. The number of anilines is 1. The van der Waals surface area contributed by atoms with Crippen LogP contribution in [0.1, 0.15) is 5.56 Å². The second kappa shape index (κ2) is 5.85. The van der Waals surface area contributed by atoms with E-state index in [-0.39, 0.29) is 16.0 Å². The number of aryl methyl sites for hydroxylation is 1. The third-order valence-corrected chi connectivity index (χ3v) is 3.72. The molecule has 1 N–H and O–H groups in total. The van der Waals surface area contributed by atoms with Crippen LogP contribution in [0.2, 0.25) is 0 Å². The molecule has 0 saturated heterocycles. The van der Waals surface area contributed by atoms with E-state index in [1.807, 2.05) is 6.92 Å². The van der Waals surface area contributed by atoms with E-state index in [1.54, 1.807) is 30.3 Å². The summed E-state index contributed by atoms with van der Waals surface area (Å²) in [5, 5.41) is 0. The maximum Gasteiger partial charge on any atom is 0.317 e. The summed E-state index contributed by atoms with van der Waals surface area (Å²) in [4.78, 5) is 11.6. The largest absolute Gasteiger partial charge is 0.317 e. The molecule has 0 amide bonds. The van der Waals surface area contributed by atoms with Gasteiger partial charge in [-0.25, -0.2) is 5.48 Å². The molecule has 0 atom stereocenters. The van der Waals surface area contributed by atoms with Gasteiger partial charge in [-0.2, -0.15) is 8.42 Å². The fourth-order valence-electron chi connectivity index (χ4n) is 1.47. The molecule has 0 aliphatic carbocycles. The van der Waals surface area contributed by atoms with Crippen LogP contribution in [-0.2, 0) is 14.4 Å². The van der Waals surface area contributed by atoms with E-state index < -0.39 is 10.1 Å². The second-order valence-electron chi connectivity index (χ2n) is 4.14. The number of hydrogen-bond donors (Lipinski definition) is 1. The Morgan fingerprint density at radius 3 is 2.30 bits per heavy atom. The smallest absolute Gasteiger partial charge is 0.288 e. The SMILES string of the molecule is Cc1ccc(S(=O)(=O)ONc2cccccc2=O)cc1. The van der Waals surface area contributed by atoms with Crippen LogP contribution < -0.4 is 10.9 Å². The molecule has 0 spiro atoms. The molecule has 0 aromatic heterocycles. The minimum Gasteiger partial charge on any atom is -0.288 e. The van der Waals surface area contributed by atoms with E-state index in [0.29, 0.717) is 0 Å². The van der Waals surface area contributed by atoms with Crippen LogP contribution in [0.4, 0.5) is 5.69 Å². The van der Waals surface area contributed by atoms with Gasteiger partial charge in [-0.3, -0.25) is 4.79 Å². The molecule has 0 radical (unpaired) electrons. The highest BCUT2D eigenvalue weighted by Crippen LogP contribution is 2.13. The van der Waals surface area contributed by atoms with Crippen molar-refractivity contribution in [1.82, 2.24) is 0 Å². The maximum absolute atomic E-state index is 11.9. The Kier molecular flexibility index (Phi) is 4.16. The monoisotopic (exact) mass is 291 g/mol. The van der Waals surface area contributed by atoms with E-state index in [2.05, 4.69) is 9.76 Å². The first kappa shape index (κ1) is 14.2. The van der Waals surface area contributed by atoms with Gasteiger partial charge in [0.1, 0.15) is 5.69 Å². The molecule has 0 aliphatic heterocycles. The lowest BCUT2D eigenvalue weighted by Crippen LogP contribution is -2.15. The van der Waals surface area contributed by atoms with Crippen LogP contribution in [0.3, 0.4) is 0 Å². The van der Waals surface area contributed by atoms with Crippen LogP contribution in [0.15, 0.2) is 64.3 Å². The minimum atomic E-state index is -3.96. The van der Waals surface area contributed by atoms with Gasteiger partial charge in [0.05, 0.1) is 4.90 Å². The zero-order chi connectivity index (χ0) is 14.6. The summed E-state index contributed by atoms with van der Waals surface area (Å²) >= 11 is 0. The molecule has 0 aliphatic rings. The van der Waals surface area contributed by atoms with Gasteiger partial charge in [0.25, 0.3) is 0 Å². The fourth-order valence-corrected chi connectivity index (χ4v) is 2.23. The van der Waals surface area contributed by atoms with Crippen LogP contribution in [0, 0.1) is 6.92 Å². The lowest BCUT2D eigenvalue weighted by Gasteiger charge is -2.06. The first-order valence-electron chi connectivity index (χ1n) is 5.84. The topological polar surface area (TPSA) is 72.5 Å². The summed E-state index contributed by atoms with van der Waals surface area (Å²) in [5.41, 5.74) is 2.80. The number of rotatable bonds is 4. The molecular formula is C14H13NO4S. The zero-order valence-electron chi connectivity index (χ0n) is 10.7. The Labute approximate surface area is 116 Å². The summed E-state index contributed by atoms with van der Waals surface area (Å²) in [6.45, 7) is 1.85. The standard InChI is InChI=1S/C14H13NO4S/c1-11-7-9-12(10-8-11)20(17,18)19-15-13-5-3-2-4-6-14(13)16/h2-10H,1H3,(H,15,16). The van der Waals surface area contributed by atoms with Gasteiger partial charge in [-0.1, -0.05) is 35.9 Å². The first-order valence-corrected chi connectivity index (χ1v) is 7.25. The van der Waals surface area contributed by atoms with Crippen molar-refractivity contribution in [3.63, 3.8) is 0 Å². The number of hydrogen-bond acceptors (Lipinski definition) is 5. The highest BCUT2D eigenvalue weighted by atomic mass is 32.2. The molecule has 0 saturated carbocycles. The van der Waals surface area contributed by atoms with E-state index in [1.165, 1.54) is 24.3 Å². The van der Waals surface area contributed by atoms with Gasteiger partial charge in [0.2, 0.25) is 5.43 Å². The molecule has 104 valence electrons. The highest BCUT2D eigenvalue weighted by Gasteiger charge is 2.15. The predicted octanol–water partition coefficient (Wildman–Crippen LogP) is 2.09. The second-order valence-corrected chi connectivity index (χ2v) is 5.69. The lowest BCUT2D eigenvalue weighted by molar-refractivity contribution is 0.390. The van der Waals surface area contributed by atoms with Crippen molar-refractivity contribution in [2.45, 2.75) is 11.8 Å². The Balaban J connectivity index is 2.20. The third-order valence-electron chi connectivity index (χ3n) is 2.57. The van der Waals surface area contributed by atoms with Crippen LogP contribution >= 0.6 is 0 Å². The molecule has 5 nitrogen and oxygen atoms in total. The third kappa shape index (κ3) is 3.43. The van der Waals surface area contributed by atoms with Crippen molar-refractivity contribution in [3.8, 4) is 0 Å². The normalized spacial score (nSPS) is 11.1. The van der Waals surface area contributed by atoms with Crippen LogP contribution in [0.25, 0.3) is 0 Å². The molecular weight excluding hydrogens is 278 g/mol. The van der Waals surface area contributed by atoms with Gasteiger partial charge in [-0.15, -0.1) is 4.28 Å². The average molecular weight is 291 g/mol. The quantitative estimate of drug-likeness (QED) is 0.873. The summed E-state index contributed by atoms with van der Waals surface area (Å²) in [6.07, 6.45) is 0. The molecule has 2 aromatic carbocycles. The molecule has 0 bridgehead atoms. The highest BCUT2D eigenvalue weighted by molar-refractivity contribution is 7.86. The van der Waals surface area contributed by atoms with Gasteiger partial charge in [-0.05, 0) is 31.2 Å². The predicted molar refractivity (Wildman–Crippen MR) is 75.8 cm³/mol. The van der Waals surface area contributed by atoms with E-state index in [0.717, 1.165) is 5.56 Å². The van der Waals surface area contributed by atoms with Crippen LogP contribution in [0.5, 0.6) is 0 Å². The van der Waals surface area contributed by atoms with Gasteiger partial charge >= 0.3 is 10.1 Å². The van der Waals surface area contributed by atoms with Crippen molar-refractivity contribution in [1.29, 1.82) is 0 Å². The summed E-state index contributed by atoms with van der Waals surface area (Å²) < 4.78 is 28.5. The maximum atomic E-state index is 11.9. The summed E-state index contributed by atoms with van der Waals surface area (Å²) in [6, 6.07) is 13.8. The van der Waals surface area contributed by atoms with Crippen molar-refractivity contribution in [2.24, 2.45) is 0 Å². The number of nitrogens with one attached hydrogen (secondary N) is 1. The summed E-state index contributed by atoms with van der Waals surface area (Å²) in [7, 11) is -3.96. The van der Waals surface area contributed by atoms with Crippen molar-refractivity contribution in [3.05, 3.63) is 70.4 Å². The molecule has 0 fully saturated rings. The van der Waals surface area contributed by atoms with Gasteiger partial charge in [0.15, 0.2) is 0 Å². The minimum absolute atomic E-state index is 0.0170. The van der Waals surface area contributed by atoms with E-state index >= 15 is 0 Å². The molecule has 2 aromatic rings. The van der Waals surface area contributed by atoms with Crippen molar-refractivity contribution < 1.29 is 12.7 Å². The zero-order valence-corrected chi connectivity index (χ0v) is 11.6. The van der Waals surface area contributed by atoms with Crippen LogP contribution in [-0.4, -0.2) is 8.42 Å². The van der Waals surface area contributed by atoms with Gasteiger partial charge in [0, 0.05) is 0 Å². The molecule has 0 unspecified atom stereocenters. The Morgan fingerprint density at radius 2 is 1.60 bits per heavy atom. The Hall–Kier alpha value is -2.18. The van der Waals surface area contributed by atoms with Gasteiger partial charge < -0.3 is 0 Å².